The van der Waals surface area contributed by atoms with Crippen LogP contribution in [0.25, 0.3) is 0 Å². The van der Waals surface area contributed by atoms with Gasteiger partial charge >= 0.3 is 0 Å². The van der Waals surface area contributed by atoms with Crippen molar-refractivity contribution in [1.82, 2.24) is 0 Å². The Morgan fingerprint density at radius 3 is 2.45 bits per heavy atom. The minimum absolute atomic E-state index is 0.188. The molecule has 2 nitrogen and oxygen atoms in total. The van der Waals surface area contributed by atoms with E-state index in [4.69, 9.17) is 16.3 Å². The molecule has 0 aromatic heterocycles. The maximum Gasteiger partial charge on any atom is 0.142 e. The molecule has 0 saturated carbocycles. The van der Waals surface area contributed by atoms with Gasteiger partial charge in [-0.1, -0.05) is 42.8 Å². The lowest BCUT2D eigenvalue weighted by atomic mass is 10.0. The van der Waals surface area contributed by atoms with E-state index in [2.05, 4.69) is 43.4 Å². The van der Waals surface area contributed by atoms with Crippen LogP contribution < -0.4 is 10.1 Å². The van der Waals surface area contributed by atoms with Gasteiger partial charge in [0.05, 0.1) is 12.8 Å². The highest BCUT2D eigenvalue weighted by Gasteiger charge is 2.09. The molecule has 0 spiro atoms. The van der Waals surface area contributed by atoms with Gasteiger partial charge in [-0.05, 0) is 42.7 Å². The summed E-state index contributed by atoms with van der Waals surface area (Å²) >= 11 is 6.05. The topological polar surface area (TPSA) is 21.3 Å². The molecule has 0 heterocycles. The van der Waals surface area contributed by atoms with Crippen molar-refractivity contribution in [3.63, 3.8) is 0 Å². The summed E-state index contributed by atoms with van der Waals surface area (Å²) in [6.45, 7) is 4.29. The maximum atomic E-state index is 6.05. The third-order valence-electron chi connectivity index (χ3n) is 3.42. The van der Waals surface area contributed by atoms with Crippen LogP contribution >= 0.6 is 11.6 Å². The molecule has 0 aliphatic carbocycles. The number of nitrogens with one attached hydrogen (secondary N) is 1. The van der Waals surface area contributed by atoms with E-state index in [9.17, 15) is 0 Å². The van der Waals surface area contributed by atoms with Crippen molar-refractivity contribution in [2.75, 3.05) is 12.4 Å². The summed E-state index contributed by atoms with van der Waals surface area (Å²) in [6, 6.07) is 14.4. The van der Waals surface area contributed by atoms with Gasteiger partial charge in [0.25, 0.3) is 0 Å². The van der Waals surface area contributed by atoms with Crippen LogP contribution in [0, 0.1) is 0 Å². The second-order valence-corrected chi connectivity index (χ2v) is 5.24. The number of aryl methyl sites for hydroxylation is 1. The quantitative estimate of drug-likeness (QED) is 0.828. The van der Waals surface area contributed by atoms with Crippen LogP contribution in [-0.2, 0) is 6.42 Å². The highest BCUT2D eigenvalue weighted by Crippen LogP contribution is 2.30. The van der Waals surface area contributed by atoms with E-state index in [1.54, 1.807) is 7.11 Å². The molecule has 1 atom stereocenters. The predicted octanol–water partition coefficient (Wildman–Crippen LogP) is 5.08. The molecule has 2 rings (SSSR count). The molecule has 106 valence electrons. The third-order valence-corrected chi connectivity index (χ3v) is 3.66. The Hall–Kier alpha value is -1.67. The normalized spacial score (nSPS) is 12.0. The Balaban J connectivity index is 2.17. The molecule has 2 aromatic rings. The molecule has 0 amide bonds. The Labute approximate surface area is 125 Å². The number of hydrogen-bond donors (Lipinski definition) is 1. The average molecular weight is 290 g/mol. The molecule has 0 aliphatic heterocycles. The third kappa shape index (κ3) is 3.45. The minimum Gasteiger partial charge on any atom is -0.495 e. The van der Waals surface area contributed by atoms with Gasteiger partial charge in [0.2, 0.25) is 0 Å². The Kier molecular flexibility index (Phi) is 4.91. The Morgan fingerprint density at radius 2 is 1.85 bits per heavy atom. The summed E-state index contributed by atoms with van der Waals surface area (Å²) in [4.78, 5) is 0. The summed E-state index contributed by atoms with van der Waals surface area (Å²) < 4.78 is 5.35. The van der Waals surface area contributed by atoms with Gasteiger partial charge in [0.1, 0.15) is 5.75 Å². The van der Waals surface area contributed by atoms with Crippen molar-refractivity contribution in [2.24, 2.45) is 0 Å². The van der Waals surface area contributed by atoms with Crippen molar-refractivity contribution in [3.8, 4) is 5.75 Å². The zero-order valence-corrected chi connectivity index (χ0v) is 12.9. The molecule has 0 saturated heterocycles. The molecule has 0 bridgehead atoms. The molecule has 3 heteroatoms. The molecule has 2 aromatic carbocycles. The second kappa shape index (κ2) is 6.67. The zero-order valence-electron chi connectivity index (χ0n) is 12.1. The largest absolute Gasteiger partial charge is 0.495 e. The maximum absolute atomic E-state index is 6.05. The fraction of sp³-hybridized carbons (Fsp3) is 0.294. The van der Waals surface area contributed by atoms with E-state index in [0.717, 1.165) is 17.9 Å². The van der Waals surface area contributed by atoms with E-state index in [1.165, 1.54) is 11.1 Å². The Morgan fingerprint density at radius 1 is 1.15 bits per heavy atom. The van der Waals surface area contributed by atoms with Crippen LogP contribution in [0.15, 0.2) is 42.5 Å². The fourth-order valence-corrected chi connectivity index (χ4v) is 2.32. The average Bonchev–Trinajstić information content (AvgIpc) is 2.47. The first-order chi connectivity index (χ1) is 9.63. The number of ether oxygens (including phenoxy) is 1. The van der Waals surface area contributed by atoms with E-state index in [0.29, 0.717) is 5.02 Å². The predicted molar refractivity (Wildman–Crippen MR) is 85.9 cm³/mol. The van der Waals surface area contributed by atoms with Crippen molar-refractivity contribution in [2.45, 2.75) is 26.3 Å². The first-order valence-electron chi connectivity index (χ1n) is 6.83. The molecule has 1 N–H and O–H groups in total. The van der Waals surface area contributed by atoms with Crippen LogP contribution in [0.4, 0.5) is 5.69 Å². The molecule has 0 fully saturated rings. The first-order valence-corrected chi connectivity index (χ1v) is 7.20. The lowest BCUT2D eigenvalue weighted by Crippen LogP contribution is -2.07. The number of halogens is 1. The van der Waals surface area contributed by atoms with E-state index in [-0.39, 0.29) is 6.04 Å². The van der Waals surface area contributed by atoms with Crippen molar-refractivity contribution >= 4 is 17.3 Å². The van der Waals surface area contributed by atoms with Crippen molar-refractivity contribution in [3.05, 3.63) is 58.6 Å². The smallest absolute Gasteiger partial charge is 0.142 e. The van der Waals surface area contributed by atoms with Crippen LogP contribution in [0.5, 0.6) is 5.75 Å². The summed E-state index contributed by atoms with van der Waals surface area (Å²) in [6.07, 6.45) is 1.06. The first kappa shape index (κ1) is 14.7. The summed E-state index contributed by atoms with van der Waals surface area (Å²) in [5, 5.41) is 4.14. The number of hydrogen-bond acceptors (Lipinski definition) is 2. The SMILES string of the molecule is CCc1ccc(C(C)Nc2cc(Cl)ccc2OC)cc1. The monoisotopic (exact) mass is 289 g/mol. The standard InChI is InChI=1S/C17H20ClNO/c1-4-13-5-7-14(8-6-13)12(2)19-16-11-15(18)9-10-17(16)20-3/h5-12,19H,4H2,1-3H3. The number of anilines is 1. The summed E-state index contributed by atoms with van der Waals surface area (Å²) in [5.41, 5.74) is 3.50. The summed E-state index contributed by atoms with van der Waals surface area (Å²) in [5.74, 6) is 0.798. The van der Waals surface area contributed by atoms with Crippen molar-refractivity contribution < 1.29 is 4.74 Å². The highest BCUT2D eigenvalue weighted by molar-refractivity contribution is 6.30. The molecule has 20 heavy (non-hydrogen) atoms. The van der Waals surface area contributed by atoms with E-state index < -0.39 is 0 Å². The van der Waals surface area contributed by atoms with Gasteiger partial charge in [-0.25, -0.2) is 0 Å². The lowest BCUT2D eigenvalue weighted by Gasteiger charge is -2.18. The van der Waals surface area contributed by atoms with Gasteiger partial charge in [0.15, 0.2) is 0 Å². The number of methoxy groups -OCH3 is 1. The van der Waals surface area contributed by atoms with Crippen LogP contribution in [0.3, 0.4) is 0 Å². The molecule has 0 aliphatic rings. The fourth-order valence-electron chi connectivity index (χ4n) is 2.15. The van der Waals surface area contributed by atoms with Gasteiger partial charge in [0, 0.05) is 11.1 Å². The number of benzene rings is 2. The number of rotatable bonds is 5. The summed E-state index contributed by atoms with van der Waals surface area (Å²) in [7, 11) is 1.66. The van der Waals surface area contributed by atoms with Crippen molar-refractivity contribution in [1.29, 1.82) is 0 Å². The van der Waals surface area contributed by atoms with Crippen LogP contribution in [-0.4, -0.2) is 7.11 Å². The van der Waals surface area contributed by atoms with E-state index >= 15 is 0 Å². The second-order valence-electron chi connectivity index (χ2n) is 4.81. The van der Waals surface area contributed by atoms with Gasteiger partial charge in [-0.3, -0.25) is 0 Å². The van der Waals surface area contributed by atoms with Gasteiger partial charge in [-0.15, -0.1) is 0 Å². The lowest BCUT2D eigenvalue weighted by molar-refractivity contribution is 0.416. The highest BCUT2D eigenvalue weighted by atomic mass is 35.5. The van der Waals surface area contributed by atoms with Gasteiger partial charge in [-0.2, -0.15) is 0 Å². The van der Waals surface area contributed by atoms with Gasteiger partial charge < -0.3 is 10.1 Å². The van der Waals surface area contributed by atoms with Crippen LogP contribution in [0.2, 0.25) is 5.02 Å². The minimum atomic E-state index is 0.188. The molecular formula is C17H20ClNO. The molecule has 1 unspecified atom stereocenters. The Bertz CT molecular complexity index is 566. The molecule has 0 radical (unpaired) electrons. The molecular weight excluding hydrogens is 270 g/mol. The zero-order chi connectivity index (χ0) is 14.5. The van der Waals surface area contributed by atoms with E-state index in [1.807, 2.05) is 18.2 Å². The van der Waals surface area contributed by atoms with Crippen LogP contribution in [0.1, 0.15) is 31.0 Å².